The van der Waals surface area contributed by atoms with Crippen LogP contribution in [0.4, 0.5) is 0 Å². The molecule has 2 heterocycles. The molecule has 0 aromatic heterocycles. The molecule has 2 saturated heterocycles. The fourth-order valence-electron chi connectivity index (χ4n) is 3.20. The van der Waals surface area contributed by atoms with Gasteiger partial charge in [-0.15, -0.1) is 0 Å². The SMILES string of the molecule is CCCCN(CC1CCCN1)C1CCCCNC1=O. The lowest BCUT2D eigenvalue weighted by Crippen LogP contribution is -2.50. The molecule has 2 aliphatic rings. The number of nitrogens with zero attached hydrogens (tertiary/aromatic N) is 1. The van der Waals surface area contributed by atoms with Gasteiger partial charge in [-0.25, -0.2) is 0 Å². The average molecular weight is 267 g/mol. The smallest absolute Gasteiger partial charge is 0.237 e. The van der Waals surface area contributed by atoms with Crippen molar-refractivity contribution in [2.45, 2.75) is 64.0 Å². The number of nitrogens with one attached hydrogen (secondary N) is 2. The van der Waals surface area contributed by atoms with Crippen molar-refractivity contribution in [1.29, 1.82) is 0 Å². The van der Waals surface area contributed by atoms with Crippen molar-refractivity contribution in [1.82, 2.24) is 15.5 Å². The first kappa shape index (κ1) is 14.8. The summed E-state index contributed by atoms with van der Waals surface area (Å²) in [5.74, 6) is 0.256. The molecular weight excluding hydrogens is 238 g/mol. The summed E-state index contributed by atoms with van der Waals surface area (Å²) in [6, 6.07) is 0.698. The van der Waals surface area contributed by atoms with Crippen LogP contribution in [0.15, 0.2) is 0 Å². The molecule has 4 nitrogen and oxygen atoms in total. The van der Waals surface area contributed by atoms with E-state index in [1.54, 1.807) is 0 Å². The maximum absolute atomic E-state index is 12.2. The van der Waals surface area contributed by atoms with E-state index in [1.165, 1.54) is 32.1 Å². The van der Waals surface area contributed by atoms with Crippen LogP contribution in [-0.4, -0.2) is 49.1 Å². The monoisotopic (exact) mass is 267 g/mol. The first-order valence-corrected chi connectivity index (χ1v) is 8.06. The molecule has 4 heteroatoms. The Bertz CT molecular complexity index is 277. The van der Waals surface area contributed by atoms with Crippen molar-refractivity contribution in [2.75, 3.05) is 26.2 Å². The van der Waals surface area contributed by atoms with Crippen LogP contribution in [-0.2, 0) is 4.79 Å². The zero-order valence-corrected chi connectivity index (χ0v) is 12.3. The Kier molecular flexibility index (Phi) is 6.11. The lowest BCUT2D eigenvalue weighted by atomic mass is 10.1. The first-order valence-electron chi connectivity index (χ1n) is 8.06. The van der Waals surface area contributed by atoms with Gasteiger partial charge in [0.25, 0.3) is 0 Å². The summed E-state index contributed by atoms with van der Waals surface area (Å²) in [4.78, 5) is 14.7. The molecule has 0 bridgehead atoms. The second kappa shape index (κ2) is 7.85. The van der Waals surface area contributed by atoms with Crippen molar-refractivity contribution < 1.29 is 4.79 Å². The third kappa shape index (κ3) is 4.46. The van der Waals surface area contributed by atoms with Gasteiger partial charge in [0.1, 0.15) is 0 Å². The molecule has 0 spiro atoms. The van der Waals surface area contributed by atoms with Gasteiger partial charge in [-0.1, -0.05) is 13.3 Å². The van der Waals surface area contributed by atoms with Crippen molar-refractivity contribution >= 4 is 5.91 Å². The number of carbonyl (C=O) groups excluding carboxylic acids is 1. The molecular formula is C15H29N3O. The molecule has 2 atom stereocenters. The highest BCUT2D eigenvalue weighted by Crippen LogP contribution is 2.16. The first-order chi connectivity index (χ1) is 9.31. The Morgan fingerprint density at radius 2 is 2.11 bits per heavy atom. The predicted octanol–water partition coefficient (Wildman–Crippen LogP) is 1.51. The van der Waals surface area contributed by atoms with E-state index in [1.807, 2.05) is 0 Å². The van der Waals surface area contributed by atoms with E-state index < -0.39 is 0 Å². The number of hydrogen-bond acceptors (Lipinski definition) is 3. The summed E-state index contributed by atoms with van der Waals surface area (Å²) >= 11 is 0. The Labute approximate surface area is 117 Å². The molecule has 0 aromatic carbocycles. The summed E-state index contributed by atoms with van der Waals surface area (Å²) < 4.78 is 0. The molecule has 2 fully saturated rings. The highest BCUT2D eigenvalue weighted by atomic mass is 16.2. The van der Waals surface area contributed by atoms with Gasteiger partial charge in [0.15, 0.2) is 0 Å². The van der Waals surface area contributed by atoms with Crippen LogP contribution in [0.3, 0.4) is 0 Å². The topological polar surface area (TPSA) is 44.4 Å². The number of carbonyl (C=O) groups is 1. The molecule has 19 heavy (non-hydrogen) atoms. The van der Waals surface area contributed by atoms with Crippen LogP contribution >= 0.6 is 0 Å². The van der Waals surface area contributed by atoms with Gasteiger partial charge < -0.3 is 10.6 Å². The minimum atomic E-state index is 0.108. The van der Waals surface area contributed by atoms with E-state index in [9.17, 15) is 4.79 Å². The summed E-state index contributed by atoms with van der Waals surface area (Å²) in [5, 5.41) is 6.64. The van der Waals surface area contributed by atoms with E-state index in [0.29, 0.717) is 6.04 Å². The normalized spacial score (nSPS) is 28.4. The Hall–Kier alpha value is -0.610. The summed E-state index contributed by atoms with van der Waals surface area (Å²) in [6.45, 7) is 6.33. The van der Waals surface area contributed by atoms with Crippen LogP contribution in [0.2, 0.25) is 0 Å². The van der Waals surface area contributed by atoms with Crippen LogP contribution < -0.4 is 10.6 Å². The molecule has 2 unspecified atom stereocenters. The van der Waals surface area contributed by atoms with Crippen LogP contribution in [0.5, 0.6) is 0 Å². The second-order valence-electron chi connectivity index (χ2n) is 5.94. The standard InChI is InChI=1S/C15H29N3O/c1-2-3-11-18(12-13-7-6-10-16-13)14-8-4-5-9-17-15(14)19/h13-14,16H,2-12H2,1H3,(H,17,19). The lowest BCUT2D eigenvalue weighted by molar-refractivity contribution is -0.126. The summed E-state index contributed by atoms with van der Waals surface area (Å²) in [5.41, 5.74) is 0. The number of unbranched alkanes of at least 4 members (excludes halogenated alkanes) is 1. The molecule has 0 aromatic rings. The Morgan fingerprint density at radius 1 is 1.21 bits per heavy atom. The molecule has 2 rings (SSSR count). The van der Waals surface area contributed by atoms with Crippen LogP contribution in [0, 0.1) is 0 Å². The third-order valence-corrected chi connectivity index (χ3v) is 4.36. The molecule has 0 saturated carbocycles. The Balaban J connectivity index is 1.94. The van der Waals surface area contributed by atoms with E-state index in [0.717, 1.165) is 39.0 Å². The molecule has 0 radical (unpaired) electrons. The quantitative estimate of drug-likeness (QED) is 0.767. The number of amides is 1. The number of rotatable bonds is 6. The fraction of sp³-hybridized carbons (Fsp3) is 0.933. The van der Waals surface area contributed by atoms with Gasteiger partial charge >= 0.3 is 0 Å². The van der Waals surface area contributed by atoms with Gasteiger partial charge in [0.2, 0.25) is 5.91 Å². The zero-order chi connectivity index (χ0) is 13.5. The van der Waals surface area contributed by atoms with Crippen molar-refractivity contribution in [3.8, 4) is 0 Å². The second-order valence-corrected chi connectivity index (χ2v) is 5.94. The van der Waals surface area contributed by atoms with Gasteiger partial charge in [-0.2, -0.15) is 0 Å². The van der Waals surface area contributed by atoms with Gasteiger partial charge in [-0.05, 0) is 51.6 Å². The maximum atomic E-state index is 12.2. The summed E-state index contributed by atoms with van der Waals surface area (Å²) in [6.07, 6.45) is 8.26. The van der Waals surface area contributed by atoms with Gasteiger partial charge in [0, 0.05) is 19.1 Å². The minimum Gasteiger partial charge on any atom is -0.355 e. The predicted molar refractivity (Wildman–Crippen MR) is 78.2 cm³/mol. The van der Waals surface area contributed by atoms with E-state index in [-0.39, 0.29) is 11.9 Å². The minimum absolute atomic E-state index is 0.108. The number of hydrogen-bond donors (Lipinski definition) is 2. The molecule has 2 aliphatic heterocycles. The van der Waals surface area contributed by atoms with E-state index >= 15 is 0 Å². The largest absolute Gasteiger partial charge is 0.355 e. The molecule has 0 aliphatic carbocycles. The fourth-order valence-corrected chi connectivity index (χ4v) is 3.20. The Morgan fingerprint density at radius 3 is 2.84 bits per heavy atom. The van der Waals surface area contributed by atoms with E-state index in [4.69, 9.17) is 0 Å². The zero-order valence-electron chi connectivity index (χ0n) is 12.3. The van der Waals surface area contributed by atoms with Crippen molar-refractivity contribution in [2.24, 2.45) is 0 Å². The van der Waals surface area contributed by atoms with Gasteiger partial charge in [0.05, 0.1) is 6.04 Å². The van der Waals surface area contributed by atoms with Crippen LogP contribution in [0.1, 0.15) is 51.9 Å². The van der Waals surface area contributed by atoms with E-state index in [2.05, 4.69) is 22.5 Å². The van der Waals surface area contributed by atoms with Crippen molar-refractivity contribution in [3.63, 3.8) is 0 Å². The maximum Gasteiger partial charge on any atom is 0.237 e. The van der Waals surface area contributed by atoms with Crippen molar-refractivity contribution in [3.05, 3.63) is 0 Å². The molecule has 2 N–H and O–H groups in total. The van der Waals surface area contributed by atoms with Gasteiger partial charge in [-0.3, -0.25) is 9.69 Å². The average Bonchev–Trinajstić information content (AvgIpc) is 2.83. The summed E-state index contributed by atoms with van der Waals surface area (Å²) in [7, 11) is 0. The van der Waals surface area contributed by atoms with Crippen LogP contribution in [0.25, 0.3) is 0 Å². The highest BCUT2D eigenvalue weighted by Gasteiger charge is 2.29. The third-order valence-electron chi connectivity index (χ3n) is 4.36. The highest BCUT2D eigenvalue weighted by molar-refractivity contribution is 5.81. The lowest BCUT2D eigenvalue weighted by Gasteiger charge is -2.32. The molecule has 110 valence electrons. The molecule has 1 amide bonds.